The first-order valence-electron chi connectivity index (χ1n) is 6.43. The van der Waals surface area contributed by atoms with Crippen LogP contribution >= 0.6 is 0 Å². The molecule has 0 aliphatic carbocycles. The summed E-state index contributed by atoms with van der Waals surface area (Å²) in [5, 5.41) is 13.3. The second-order valence-corrected chi connectivity index (χ2v) is 5.07. The molecule has 0 aromatic carbocycles. The Labute approximate surface area is 110 Å². The minimum Gasteiger partial charge on any atom is -0.481 e. The van der Waals surface area contributed by atoms with Crippen molar-refractivity contribution in [3.63, 3.8) is 0 Å². The summed E-state index contributed by atoms with van der Waals surface area (Å²) in [5.74, 6) is 0.0653. The topological polar surface area (TPSA) is 70.7 Å². The molecule has 6 heteroatoms. The van der Waals surface area contributed by atoms with Crippen LogP contribution in [-0.2, 0) is 4.79 Å². The van der Waals surface area contributed by atoms with E-state index in [0.29, 0.717) is 6.42 Å². The monoisotopic (exact) mass is 260 g/mol. The quantitative estimate of drug-likeness (QED) is 0.880. The fraction of sp³-hybridized carbons (Fsp3) is 0.462. The lowest BCUT2D eigenvalue weighted by molar-refractivity contribution is -0.144. The van der Waals surface area contributed by atoms with E-state index < -0.39 is 5.97 Å². The van der Waals surface area contributed by atoms with E-state index in [1.807, 2.05) is 19.2 Å². The molecule has 0 radical (unpaired) electrons. The third-order valence-corrected chi connectivity index (χ3v) is 3.83. The Kier molecular flexibility index (Phi) is 2.85. The van der Waals surface area contributed by atoms with Gasteiger partial charge in [0.2, 0.25) is 0 Å². The molecule has 1 fully saturated rings. The van der Waals surface area contributed by atoms with E-state index >= 15 is 0 Å². The Hall–Kier alpha value is -2.11. The number of hydrogen-bond acceptors (Lipinski definition) is 4. The maximum Gasteiger partial charge on any atom is 0.306 e. The Morgan fingerprint density at radius 2 is 2.32 bits per heavy atom. The van der Waals surface area contributed by atoms with Gasteiger partial charge in [-0.15, -0.1) is 0 Å². The number of fused-ring (bicyclic) bond motifs is 1. The van der Waals surface area contributed by atoms with E-state index in [9.17, 15) is 4.79 Å². The molecule has 1 aliphatic heterocycles. The molecule has 3 rings (SSSR count). The van der Waals surface area contributed by atoms with Gasteiger partial charge in [-0.3, -0.25) is 4.79 Å². The van der Waals surface area contributed by atoms with Crippen LogP contribution in [0.1, 0.15) is 13.3 Å². The highest BCUT2D eigenvalue weighted by Gasteiger charge is 2.32. The fourth-order valence-electron chi connectivity index (χ4n) is 2.79. The van der Waals surface area contributed by atoms with Crippen LogP contribution in [0.2, 0.25) is 0 Å². The summed E-state index contributed by atoms with van der Waals surface area (Å²) < 4.78 is 1.79. The van der Waals surface area contributed by atoms with E-state index in [1.165, 1.54) is 0 Å². The highest BCUT2D eigenvalue weighted by Crippen LogP contribution is 2.28. The number of piperidine rings is 1. The van der Waals surface area contributed by atoms with Crippen LogP contribution in [-0.4, -0.2) is 38.8 Å². The normalized spacial score (nSPS) is 23.7. The minimum atomic E-state index is -0.692. The summed E-state index contributed by atoms with van der Waals surface area (Å²) in [4.78, 5) is 17.7. The molecule has 100 valence electrons. The van der Waals surface area contributed by atoms with Crippen LogP contribution in [0.5, 0.6) is 0 Å². The lowest BCUT2D eigenvalue weighted by atomic mass is 9.87. The number of aromatic nitrogens is 3. The number of rotatable bonds is 2. The van der Waals surface area contributed by atoms with E-state index in [0.717, 1.165) is 24.4 Å². The molecule has 2 aromatic heterocycles. The molecule has 2 aromatic rings. The van der Waals surface area contributed by atoms with Crippen LogP contribution < -0.4 is 4.90 Å². The van der Waals surface area contributed by atoms with Crippen LogP contribution in [0.4, 0.5) is 5.82 Å². The largest absolute Gasteiger partial charge is 0.481 e. The second-order valence-electron chi connectivity index (χ2n) is 5.07. The number of carbonyl (C=O) groups is 1. The van der Waals surface area contributed by atoms with Crippen molar-refractivity contribution in [2.75, 3.05) is 18.0 Å². The Morgan fingerprint density at radius 3 is 3.05 bits per heavy atom. The zero-order valence-corrected chi connectivity index (χ0v) is 10.7. The van der Waals surface area contributed by atoms with Crippen LogP contribution in [0.3, 0.4) is 0 Å². The molecule has 1 saturated heterocycles. The summed E-state index contributed by atoms with van der Waals surface area (Å²) in [6, 6.07) is 1.93. The summed E-state index contributed by atoms with van der Waals surface area (Å²) in [5.41, 5.74) is 0.962. The Morgan fingerprint density at radius 1 is 1.47 bits per heavy atom. The van der Waals surface area contributed by atoms with Gasteiger partial charge < -0.3 is 10.0 Å². The molecule has 2 unspecified atom stereocenters. The van der Waals surface area contributed by atoms with Gasteiger partial charge in [0, 0.05) is 25.5 Å². The zero-order chi connectivity index (χ0) is 13.4. The first-order valence-corrected chi connectivity index (χ1v) is 6.43. The molecule has 3 heterocycles. The van der Waals surface area contributed by atoms with Crippen molar-refractivity contribution in [1.82, 2.24) is 14.6 Å². The van der Waals surface area contributed by atoms with Gasteiger partial charge in [0.1, 0.15) is 5.52 Å². The number of carboxylic acid groups (broad SMARTS) is 1. The molecule has 6 nitrogen and oxygen atoms in total. The van der Waals surface area contributed by atoms with E-state index in [1.54, 1.807) is 16.9 Å². The molecule has 0 spiro atoms. The van der Waals surface area contributed by atoms with E-state index in [-0.39, 0.29) is 11.8 Å². The Balaban J connectivity index is 1.88. The maximum absolute atomic E-state index is 11.1. The van der Waals surface area contributed by atoms with Crippen LogP contribution in [0.15, 0.2) is 24.7 Å². The van der Waals surface area contributed by atoms with Gasteiger partial charge in [-0.05, 0) is 18.4 Å². The van der Waals surface area contributed by atoms with Gasteiger partial charge in [0.05, 0.1) is 12.1 Å². The molecule has 19 heavy (non-hydrogen) atoms. The number of aliphatic carboxylic acids is 1. The molecular weight excluding hydrogens is 244 g/mol. The molecule has 1 aliphatic rings. The molecule has 2 atom stereocenters. The smallest absolute Gasteiger partial charge is 0.306 e. The first kappa shape index (κ1) is 12.0. The van der Waals surface area contributed by atoms with Crippen molar-refractivity contribution < 1.29 is 9.90 Å². The highest BCUT2D eigenvalue weighted by molar-refractivity contribution is 5.72. The van der Waals surface area contributed by atoms with Gasteiger partial charge in [-0.1, -0.05) is 6.92 Å². The van der Waals surface area contributed by atoms with Crippen molar-refractivity contribution >= 4 is 17.3 Å². The van der Waals surface area contributed by atoms with Gasteiger partial charge in [0.25, 0.3) is 0 Å². The van der Waals surface area contributed by atoms with Crippen LogP contribution in [0.25, 0.3) is 5.52 Å². The number of carboxylic acids is 1. The van der Waals surface area contributed by atoms with Crippen molar-refractivity contribution in [2.24, 2.45) is 11.8 Å². The van der Waals surface area contributed by atoms with Crippen LogP contribution in [0, 0.1) is 11.8 Å². The summed E-state index contributed by atoms with van der Waals surface area (Å²) >= 11 is 0. The molecule has 0 amide bonds. The summed E-state index contributed by atoms with van der Waals surface area (Å²) in [6.45, 7) is 3.43. The van der Waals surface area contributed by atoms with Gasteiger partial charge in [-0.25, -0.2) is 9.50 Å². The summed E-state index contributed by atoms with van der Waals surface area (Å²) in [7, 11) is 0. The fourth-order valence-corrected chi connectivity index (χ4v) is 2.79. The van der Waals surface area contributed by atoms with Crippen molar-refractivity contribution in [3.05, 3.63) is 24.7 Å². The predicted octanol–water partition coefficient (Wildman–Crippen LogP) is 1.28. The van der Waals surface area contributed by atoms with Crippen molar-refractivity contribution in [2.45, 2.75) is 13.3 Å². The predicted molar refractivity (Wildman–Crippen MR) is 70.1 cm³/mol. The minimum absolute atomic E-state index is 0.122. The standard InChI is InChI=1S/C13H16N4O2/c1-9-8-16(6-3-10(9)13(18)19)12-11-2-4-15-17(11)7-5-14-12/h2,4-5,7,9-10H,3,6,8H2,1H3,(H,18,19). The van der Waals surface area contributed by atoms with Crippen molar-refractivity contribution in [1.29, 1.82) is 0 Å². The van der Waals surface area contributed by atoms with E-state index in [2.05, 4.69) is 15.0 Å². The second kappa shape index (κ2) is 4.53. The first-order chi connectivity index (χ1) is 9.16. The third-order valence-electron chi connectivity index (χ3n) is 3.83. The number of nitrogens with zero attached hydrogens (tertiary/aromatic N) is 4. The Bertz CT molecular complexity index is 609. The lowest BCUT2D eigenvalue weighted by Crippen LogP contribution is -2.42. The third kappa shape index (κ3) is 2.03. The SMILES string of the molecule is CC1CN(c2nccn3nccc23)CCC1C(=O)O. The average Bonchev–Trinajstić information content (AvgIpc) is 2.86. The molecule has 1 N–H and O–H groups in total. The number of hydrogen-bond donors (Lipinski definition) is 1. The molecule has 0 saturated carbocycles. The van der Waals surface area contributed by atoms with Gasteiger partial charge >= 0.3 is 5.97 Å². The van der Waals surface area contributed by atoms with Gasteiger partial charge in [-0.2, -0.15) is 5.10 Å². The van der Waals surface area contributed by atoms with Gasteiger partial charge in [0.15, 0.2) is 5.82 Å². The maximum atomic E-state index is 11.1. The van der Waals surface area contributed by atoms with E-state index in [4.69, 9.17) is 5.11 Å². The zero-order valence-electron chi connectivity index (χ0n) is 10.7. The average molecular weight is 260 g/mol. The van der Waals surface area contributed by atoms with Crippen molar-refractivity contribution in [3.8, 4) is 0 Å². The molecule has 0 bridgehead atoms. The highest BCUT2D eigenvalue weighted by atomic mass is 16.4. The molecular formula is C13H16N4O2. The number of anilines is 1. The summed E-state index contributed by atoms with van der Waals surface area (Å²) in [6.07, 6.45) is 5.94. The lowest BCUT2D eigenvalue weighted by Gasteiger charge is -2.35.